The van der Waals surface area contributed by atoms with Crippen LogP contribution >= 0.6 is 22.9 Å². The quantitative estimate of drug-likeness (QED) is 0.588. The summed E-state index contributed by atoms with van der Waals surface area (Å²) in [6, 6.07) is 13.7. The number of carbonyl (C=O) groups is 2. The van der Waals surface area contributed by atoms with E-state index in [0.29, 0.717) is 33.3 Å². The molecule has 3 aromatic rings. The zero-order chi connectivity index (χ0) is 22.1. The lowest BCUT2D eigenvalue weighted by Gasteiger charge is -2.39. The summed E-state index contributed by atoms with van der Waals surface area (Å²) >= 11 is 7.59. The largest absolute Gasteiger partial charge is 0.493 e. The predicted octanol–water partition coefficient (Wildman–Crippen LogP) is 4.97. The van der Waals surface area contributed by atoms with Crippen LogP contribution in [0.1, 0.15) is 32.8 Å². The van der Waals surface area contributed by atoms with E-state index in [1.807, 2.05) is 17.5 Å². The molecule has 0 saturated carbocycles. The number of ether oxygens (including phenoxy) is 2. The fraction of sp³-hybridized carbons (Fsp3) is 0.217. The monoisotopic (exact) mass is 456 g/mol. The first-order valence-electron chi connectivity index (χ1n) is 9.57. The van der Waals surface area contributed by atoms with Gasteiger partial charge in [-0.15, -0.1) is 11.3 Å². The molecule has 2 aromatic carbocycles. The number of benzene rings is 2. The van der Waals surface area contributed by atoms with Crippen molar-refractivity contribution in [1.82, 2.24) is 4.90 Å². The second-order valence-corrected chi connectivity index (χ2v) is 8.56. The molecule has 0 spiro atoms. The van der Waals surface area contributed by atoms with Gasteiger partial charge in [0.2, 0.25) is 5.91 Å². The van der Waals surface area contributed by atoms with Gasteiger partial charge in [-0.3, -0.25) is 9.59 Å². The molecule has 160 valence electrons. The van der Waals surface area contributed by atoms with Crippen LogP contribution < -0.4 is 14.8 Å². The lowest BCUT2D eigenvalue weighted by atomic mass is 9.81. The molecule has 2 heterocycles. The Morgan fingerprint density at radius 2 is 1.84 bits per heavy atom. The number of nitrogens with one attached hydrogen (secondary N) is 1. The molecule has 0 aliphatic carbocycles. The maximum Gasteiger partial charge on any atom is 0.254 e. The van der Waals surface area contributed by atoms with Gasteiger partial charge in [-0.1, -0.05) is 23.7 Å². The number of carbonyl (C=O) groups excluding carboxylic acids is 2. The van der Waals surface area contributed by atoms with E-state index in [1.54, 1.807) is 48.3 Å². The van der Waals surface area contributed by atoms with E-state index < -0.39 is 12.0 Å². The number of likely N-dealkylation sites (N-methyl/N-ethyl adjacent to an activating group) is 1. The average molecular weight is 457 g/mol. The van der Waals surface area contributed by atoms with E-state index >= 15 is 0 Å². The van der Waals surface area contributed by atoms with E-state index in [2.05, 4.69) is 5.32 Å². The standard InChI is InChI=1S/C23H21ClN2O4S/c1-26-21(19-8-5-9-31-19)20(22(27)25-14-7-4-6-13(24)10-14)15-11-17(29-2)18(30-3)12-16(15)23(26)28/h4-12,20-21H,1-3H3,(H,25,27)/t20-,21+/m0/s1. The Bertz CT molecular complexity index is 1130. The van der Waals surface area contributed by atoms with Crippen molar-refractivity contribution in [1.29, 1.82) is 0 Å². The third kappa shape index (κ3) is 3.86. The molecule has 2 amide bonds. The van der Waals surface area contributed by atoms with Crippen LogP contribution in [-0.4, -0.2) is 38.0 Å². The number of rotatable bonds is 5. The van der Waals surface area contributed by atoms with Crippen LogP contribution in [0.4, 0.5) is 5.69 Å². The van der Waals surface area contributed by atoms with Gasteiger partial charge in [0.15, 0.2) is 11.5 Å². The van der Waals surface area contributed by atoms with Crippen LogP contribution in [0.2, 0.25) is 5.02 Å². The zero-order valence-corrected chi connectivity index (χ0v) is 18.8. The smallest absolute Gasteiger partial charge is 0.254 e. The Balaban J connectivity index is 1.86. The van der Waals surface area contributed by atoms with Gasteiger partial charge < -0.3 is 19.7 Å². The van der Waals surface area contributed by atoms with Crippen LogP contribution in [0.3, 0.4) is 0 Å². The minimum absolute atomic E-state index is 0.179. The SMILES string of the molecule is COc1cc2c(cc1OC)[C@H](C(=O)Nc1cccc(Cl)c1)[C@@H](c1cccs1)N(C)C2=O. The third-order valence-electron chi connectivity index (χ3n) is 5.38. The lowest BCUT2D eigenvalue weighted by Crippen LogP contribution is -2.43. The minimum Gasteiger partial charge on any atom is -0.493 e. The molecular weight excluding hydrogens is 436 g/mol. The molecule has 0 unspecified atom stereocenters. The predicted molar refractivity (Wildman–Crippen MR) is 122 cm³/mol. The molecular formula is C23H21ClN2O4S. The van der Waals surface area contributed by atoms with Gasteiger partial charge in [0.05, 0.1) is 26.2 Å². The molecule has 0 fully saturated rings. The first kappa shape index (κ1) is 21.2. The highest BCUT2D eigenvalue weighted by Gasteiger charge is 2.44. The summed E-state index contributed by atoms with van der Waals surface area (Å²) in [4.78, 5) is 29.4. The molecule has 0 saturated heterocycles. The first-order chi connectivity index (χ1) is 14.9. The second kappa shape index (κ2) is 8.61. The summed E-state index contributed by atoms with van der Waals surface area (Å²) in [7, 11) is 4.75. The number of amides is 2. The third-order valence-corrected chi connectivity index (χ3v) is 6.56. The molecule has 8 heteroatoms. The van der Waals surface area contributed by atoms with E-state index in [9.17, 15) is 9.59 Å². The maximum atomic E-state index is 13.6. The molecule has 6 nitrogen and oxygen atoms in total. The number of hydrogen-bond donors (Lipinski definition) is 1. The minimum atomic E-state index is -0.657. The van der Waals surface area contributed by atoms with Gasteiger partial charge in [0.1, 0.15) is 0 Å². The van der Waals surface area contributed by atoms with Crippen molar-refractivity contribution < 1.29 is 19.1 Å². The molecule has 1 aliphatic rings. The Morgan fingerprint density at radius 3 is 2.48 bits per heavy atom. The lowest BCUT2D eigenvalue weighted by molar-refractivity contribution is -0.119. The zero-order valence-electron chi connectivity index (χ0n) is 17.2. The molecule has 1 N–H and O–H groups in total. The Labute approximate surface area is 189 Å². The average Bonchev–Trinajstić information content (AvgIpc) is 3.29. The van der Waals surface area contributed by atoms with E-state index in [1.165, 1.54) is 25.6 Å². The first-order valence-corrected chi connectivity index (χ1v) is 10.8. The van der Waals surface area contributed by atoms with Gasteiger partial charge in [-0.2, -0.15) is 0 Å². The van der Waals surface area contributed by atoms with Gasteiger partial charge >= 0.3 is 0 Å². The highest BCUT2D eigenvalue weighted by molar-refractivity contribution is 7.10. The maximum absolute atomic E-state index is 13.6. The summed E-state index contributed by atoms with van der Waals surface area (Å²) in [6.07, 6.45) is 0. The number of hydrogen-bond acceptors (Lipinski definition) is 5. The molecule has 4 rings (SSSR count). The van der Waals surface area contributed by atoms with Crippen LogP contribution in [0.25, 0.3) is 0 Å². The van der Waals surface area contributed by atoms with Crippen molar-refractivity contribution in [3.8, 4) is 11.5 Å². The highest BCUT2D eigenvalue weighted by atomic mass is 35.5. The summed E-state index contributed by atoms with van der Waals surface area (Å²) in [5.74, 6) is -0.180. The van der Waals surface area contributed by atoms with E-state index in [4.69, 9.17) is 21.1 Å². The van der Waals surface area contributed by atoms with Crippen LogP contribution in [0, 0.1) is 0 Å². The molecule has 1 aliphatic heterocycles. The number of nitrogens with zero attached hydrogens (tertiary/aromatic N) is 1. The number of anilines is 1. The Kier molecular flexibility index (Phi) is 5.89. The fourth-order valence-electron chi connectivity index (χ4n) is 3.93. The van der Waals surface area contributed by atoms with Crippen molar-refractivity contribution in [2.24, 2.45) is 0 Å². The van der Waals surface area contributed by atoms with Gasteiger partial charge in [0.25, 0.3) is 5.91 Å². The Hall–Kier alpha value is -3.03. The van der Waals surface area contributed by atoms with Crippen molar-refractivity contribution in [3.63, 3.8) is 0 Å². The molecule has 1 aromatic heterocycles. The number of thiophene rings is 1. The molecule has 0 radical (unpaired) electrons. The topological polar surface area (TPSA) is 67.9 Å². The summed E-state index contributed by atoms with van der Waals surface area (Å²) in [5, 5.41) is 5.42. The summed E-state index contributed by atoms with van der Waals surface area (Å²) in [6.45, 7) is 0. The van der Waals surface area contributed by atoms with Gasteiger partial charge in [-0.05, 0) is 47.3 Å². The van der Waals surface area contributed by atoms with Crippen LogP contribution in [0.15, 0.2) is 53.9 Å². The number of halogens is 1. The van der Waals surface area contributed by atoms with E-state index in [-0.39, 0.29) is 11.8 Å². The Morgan fingerprint density at radius 1 is 1.10 bits per heavy atom. The van der Waals surface area contributed by atoms with Crippen molar-refractivity contribution in [2.75, 3.05) is 26.6 Å². The number of methoxy groups -OCH3 is 2. The molecule has 31 heavy (non-hydrogen) atoms. The van der Waals surface area contributed by atoms with Crippen LogP contribution in [-0.2, 0) is 4.79 Å². The summed E-state index contributed by atoms with van der Waals surface area (Å²) in [5.41, 5.74) is 1.60. The van der Waals surface area contributed by atoms with Crippen molar-refractivity contribution in [2.45, 2.75) is 12.0 Å². The fourth-order valence-corrected chi connectivity index (χ4v) is 5.03. The van der Waals surface area contributed by atoms with Gasteiger partial charge in [-0.25, -0.2) is 0 Å². The van der Waals surface area contributed by atoms with E-state index in [0.717, 1.165) is 4.88 Å². The second-order valence-electron chi connectivity index (χ2n) is 7.15. The highest BCUT2D eigenvalue weighted by Crippen LogP contribution is 2.46. The van der Waals surface area contributed by atoms with Gasteiger partial charge in [0, 0.05) is 28.2 Å². The van der Waals surface area contributed by atoms with Crippen LogP contribution in [0.5, 0.6) is 11.5 Å². The normalized spacial score (nSPS) is 17.8. The number of fused-ring (bicyclic) bond motifs is 1. The van der Waals surface area contributed by atoms with Crippen molar-refractivity contribution in [3.05, 3.63) is 74.9 Å². The molecule has 0 bridgehead atoms. The molecule has 2 atom stereocenters. The van der Waals surface area contributed by atoms with Crippen molar-refractivity contribution >= 4 is 40.4 Å². The summed E-state index contributed by atoms with van der Waals surface area (Å²) < 4.78 is 10.8.